The Hall–Kier alpha value is -3.15. The molecule has 0 atom stereocenters. The molecule has 6 nitrogen and oxygen atoms in total. The third-order valence-corrected chi connectivity index (χ3v) is 4.08. The van der Waals surface area contributed by atoms with Crippen LogP contribution in [-0.2, 0) is 18.4 Å². The van der Waals surface area contributed by atoms with Crippen molar-refractivity contribution in [2.75, 3.05) is 0 Å². The molecule has 0 spiro atoms. The van der Waals surface area contributed by atoms with Crippen molar-refractivity contribution < 1.29 is 14.3 Å². The van der Waals surface area contributed by atoms with Crippen molar-refractivity contribution in [3.63, 3.8) is 0 Å². The predicted molar refractivity (Wildman–Crippen MR) is 103 cm³/mol. The van der Waals surface area contributed by atoms with Crippen LogP contribution in [0.3, 0.4) is 0 Å². The van der Waals surface area contributed by atoms with Gasteiger partial charge in [0.25, 0.3) is 5.91 Å². The Morgan fingerprint density at radius 1 is 1.04 bits per heavy atom. The Morgan fingerprint density at radius 2 is 1.67 bits per heavy atom. The molecule has 0 radical (unpaired) electrons. The van der Waals surface area contributed by atoms with Gasteiger partial charge in [0.15, 0.2) is 0 Å². The van der Waals surface area contributed by atoms with Crippen molar-refractivity contribution in [1.29, 1.82) is 0 Å². The first-order valence-electron chi connectivity index (χ1n) is 8.74. The zero-order valence-electron chi connectivity index (χ0n) is 15.9. The Kier molecular flexibility index (Phi) is 4.99. The van der Waals surface area contributed by atoms with E-state index in [0.29, 0.717) is 17.0 Å². The fraction of sp³-hybridized carbons (Fsp3) is 0.286. The van der Waals surface area contributed by atoms with Gasteiger partial charge in [0.2, 0.25) is 0 Å². The molecular weight excluding hydrogens is 342 g/mol. The number of nitrogens with one attached hydrogen (secondary N) is 1. The van der Waals surface area contributed by atoms with E-state index in [2.05, 4.69) is 10.3 Å². The zero-order valence-corrected chi connectivity index (χ0v) is 15.9. The molecule has 2 aromatic carbocycles. The predicted octanol–water partition coefficient (Wildman–Crippen LogP) is 3.46. The summed E-state index contributed by atoms with van der Waals surface area (Å²) in [5.74, 6) is 0.0395. The fourth-order valence-corrected chi connectivity index (χ4v) is 2.71. The summed E-state index contributed by atoms with van der Waals surface area (Å²) in [4.78, 5) is 28.9. The number of ether oxygens (including phenoxy) is 1. The summed E-state index contributed by atoms with van der Waals surface area (Å²) in [6.45, 7) is 5.82. The highest BCUT2D eigenvalue weighted by Gasteiger charge is 2.16. The first-order chi connectivity index (χ1) is 12.7. The molecular formula is C21H23N3O3. The molecule has 0 aliphatic rings. The number of benzene rings is 2. The Labute approximate surface area is 158 Å². The number of hydrogen-bond acceptors (Lipinski definition) is 4. The van der Waals surface area contributed by atoms with E-state index in [9.17, 15) is 9.59 Å². The van der Waals surface area contributed by atoms with Crippen LogP contribution >= 0.6 is 0 Å². The average molecular weight is 365 g/mol. The summed E-state index contributed by atoms with van der Waals surface area (Å²) in [6, 6.07) is 14.2. The number of aromatic nitrogens is 2. The molecule has 6 heteroatoms. The van der Waals surface area contributed by atoms with Crippen LogP contribution < -0.4 is 5.32 Å². The first kappa shape index (κ1) is 18.6. The largest absolute Gasteiger partial charge is 0.454 e. The minimum atomic E-state index is -0.454. The van der Waals surface area contributed by atoms with Crippen molar-refractivity contribution in [2.45, 2.75) is 32.9 Å². The lowest BCUT2D eigenvalue weighted by atomic mass is 10.1. The summed E-state index contributed by atoms with van der Waals surface area (Å²) < 4.78 is 7.29. The summed E-state index contributed by atoms with van der Waals surface area (Å²) in [5, 5.41) is 2.88. The summed E-state index contributed by atoms with van der Waals surface area (Å²) >= 11 is 0. The van der Waals surface area contributed by atoms with Crippen LogP contribution in [-0.4, -0.2) is 27.0 Å². The highest BCUT2D eigenvalue weighted by atomic mass is 16.5. The highest BCUT2D eigenvalue weighted by Crippen LogP contribution is 2.15. The van der Waals surface area contributed by atoms with Gasteiger partial charge in [-0.05, 0) is 57.2 Å². The second kappa shape index (κ2) is 7.23. The molecule has 0 saturated carbocycles. The molecule has 0 aliphatic heterocycles. The molecule has 1 amide bonds. The maximum Gasteiger partial charge on any atom is 0.338 e. The van der Waals surface area contributed by atoms with Crippen LogP contribution in [0.4, 0.5) is 0 Å². The minimum absolute atomic E-state index is 0.0796. The normalized spacial score (nSPS) is 11.4. The van der Waals surface area contributed by atoms with Gasteiger partial charge >= 0.3 is 5.97 Å². The molecule has 1 heterocycles. The van der Waals surface area contributed by atoms with Crippen molar-refractivity contribution in [1.82, 2.24) is 14.9 Å². The molecule has 1 N–H and O–H groups in total. The van der Waals surface area contributed by atoms with Gasteiger partial charge < -0.3 is 14.6 Å². The van der Waals surface area contributed by atoms with E-state index in [4.69, 9.17) is 4.74 Å². The number of para-hydroxylation sites is 2. The van der Waals surface area contributed by atoms with Crippen molar-refractivity contribution in [2.24, 2.45) is 7.05 Å². The number of carbonyl (C=O) groups is 2. The van der Waals surface area contributed by atoms with E-state index in [-0.39, 0.29) is 18.1 Å². The molecule has 0 saturated heterocycles. The number of carbonyl (C=O) groups excluding carboxylic acids is 2. The summed E-state index contributed by atoms with van der Waals surface area (Å²) in [6.07, 6.45) is 0. The topological polar surface area (TPSA) is 73.2 Å². The van der Waals surface area contributed by atoms with Crippen LogP contribution in [0, 0.1) is 0 Å². The third kappa shape index (κ3) is 4.34. The molecule has 140 valence electrons. The van der Waals surface area contributed by atoms with Crippen molar-refractivity contribution in [3.8, 4) is 0 Å². The van der Waals surface area contributed by atoms with Gasteiger partial charge in [0, 0.05) is 18.2 Å². The fourth-order valence-electron chi connectivity index (χ4n) is 2.71. The number of rotatable bonds is 4. The van der Waals surface area contributed by atoms with E-state index < -0.39 is 5.97 Å². The first-order valence-corrected chi connectivity index (χ1v) is 8.74. The van der Waals surface area contributed by atoms with Crippen LogP contribution in [0.15, 0.2) is 48.5 Å². The number of esters is 1. The molecule has 0 unspecified atom stereocenters. The van der Waals surface area contributed by atoms with E-state index in [0.717, 1.165) is 11.0 Å². The Balaban J connectivity index is 1.65. The van der Waals surface area contributed by atoms with Gasteiger partial charge in [0.05, 0.1) is 16.6 Å². The molecule has 3 rings (SSSR count). The SMILES string of the molecule is Cn1c(COC(=O)c2ccc(C(=O)NC(C)(C)C)cc2)nc2ccccc21. The average Bonchev–Trinajstić information content (AvgIpc) is 2.95. The number of imidazole rings is 1. The second-order valence-electron chi connectivity index (χ2n) is 7.43. The Morgan fingerprint density at radius 3 is 2.30 bits per heavy atom. The Bertz CT molecular complexity index is 982. The maximum absolute atomic E-state index is 12.3. The minimum Gasteiger partial charge on any atom is -0.454 e. The smallest absolute Gasteiger partial charge is 0.338 e. The van der Waals surface area contributed by atoms with E-state index in [1.807, 2.05) is 56.7 Å². The standard InChI is InChI=1S/C21H23N3O3/c1-21(2,3)23-19(25)14-9-11-15(12-10-14)20(26)27-13-18-22-16-7-5-6-8-17(16)24(18)4/h5-12H,13H2,1-4H3,(H,23,25). The van der Waals surface area contributed by atoms with Crippen molar-refractivity contribution in [3.05, 3.63) is 65.5 Å². The lowest BCUT2D eigenvalue weighted by Crippen LogP contribution is -2.40. The molecule has 0 aliphatic carbocycles. The third-order valence-electron chi connectivity index (χ3n) is 4.08. The van der Waals surface area contributed by atoms with Gasteiger partial charge in [-0.1, -0.05) is 12.1 Å². The lowest BCUT2D eigenvalue weighted by Gasteiger charge is -2.20. The van der Waals surface area contributed by atoms with Gasteiger partial charge in [-0.25, -0.2) is 9.78 Å². The van der Waals surface area contributed by atoms with Crippen LogP contribution in [0.25, 0.3) is 11.0 Å². The highest BCUT2D eigenvalue weighted by molar-refractivity contribution is 5.96. The van der Waals surface area contributed by atoms with Crippen molar-refractivity contribution >= 4 is 22.9 Å². The number of amides is 1. The monoisotopic (exact) mass is 365 g/mol. The maximum atomic E-state index is 12.3. The molecule has 3 aromatic rings. The van der Waals surface area contributed by atoms with Gasteiger partial charge in [0.1, 0.15) is 12.4 Å². The number of fused-ring (bicyclic) bond motifs is 1. The second-order valence-corrected chi connectivity index (χ2v) is 7.43. The summed E-state index contributed by atoms with van der Waals surface area (Å²) in [7, 11) is 1.89. The van der Waals surface area contributed by atoms with Gasteiger partial charge in [-0.2, -0.15) is 0 Å². The lowest BCUT2D eigenvalue weighted by molar-refractivity contribution is 0.0459. The number of nitrogens with zero attached hydrogens (tertiary/aromatic N) is 2. The van der Waals surface area contributed by atoms with Gasteiger partial charge in [-0.3, -0.25) is 4.79 Å². The van der Waals surface area contributed by atoms with E-state index in [1.54, 1.807) is 24.3 Å². The summed E-state index contributed by atoms with van der Waals surface area (Å²) in [5.41, 5.74) is 2.41. The molecule has 1 aromatic heterocycles. The van der Waals surface area contributed by atoms with E-state index >= 15 is 0 Å². The molecule has 27 heavy (non-hydrogen) atoms. The number of aryl methyl sites for hydroxylation is 1. The van der Waals surface area contributed by atoms with Crippen LogP contribution in [0.2, 0.25) is 0 Å². The van der Waals surface area contributed by atoms with Crippen LogP contribution in [0.5, 0.6) is 0 Å². The molecule has 0 bridgehead atoms. The van der Waals surface area contributed by atoms with Crippen LogP contribution in [0.1, 0.15) is 47.3 Å². The van der Waals surface area contributed by atoms with Gasteiger partial charge in [-0.15, -0.1) is 0 Å². The number of hydrogen-bond donors (Lipinski definition) is 1. The van der Waals surface area contributed by atoms with E-state index in [1.165, 1.54) is 0 Å². The quantitative estimate of drug-likeness (QED) is 0.719. The zero-order chi connectivity index (χ0) is 19.6. The molecule has 0 fully saturated rings.